The van der Waals surface area contributed by atoms with E-state index in [1.807, 2.05) is 27.7 Å². The predicted octanol–water partition coefficient (Wildman–Crippen LogP) is 1.46. The van der Waals surface area contributed by atoms with Crippen LogP contribution < -0.4 is 5.44 Å². The van der Waals surface area contributed by atoms with Crippen molar-refractivity contribution in [2.24, 2.45) is 0 Å². The molecule has 88 valence electrons. The molecule has 0 fully saturated rings. The van der Waals surface area contributed by atoms with E-state index in [9.17, 15) is 4.89 Å². The first-order chi connectivity index (χ1) is 6.97. The summed E-state index contributed by atoms with van der Waals surface area (Å²) in [5.74, 6) is 0. The monoisotopic (exact) mass is 403 g/mol. The molecule has 1 heterocycles. The number of hydrogen-bond donors (Lipinski definition) is 1. The Hall–Kier alpha value is 0.178. The molecule has 1 atom stereocenters. The van der Waals surface area contributed by atoms with Crippen molar-refractivity contribution in [2.45, 2.75) is 33.7 Å². The molecule has 1 N–H and O–H groups in total. The minimum atomic E-state index is -2.41. The Balaban J connectivity index is 0.000000921. The fourth-order valence-electron chi connectivity index (χ4n) is 0.743. The van der Waals surface area contributed by atoms with E-state index < -0.39 is 5.35 Å². The summed E-state index contributed by atoms with van der Waals surface area (Å²) in [6, 6.07) is 0.258. The molecule has 0 saturated carbocycles. The molecule has 0 bridgehead atoms. The predicted molar refractivity (Wildman–Crippen MR) is 57.5 cm³/mol. The zero-order chi connectivity index (χ0) is 12.1. The van der Waals surface area contributed by atoms with E-state index in [4.69, 9.17) is 4.52 Å². The van der Waals surface area contributed by atoms with Crippen LogP contribution in [-0.4, -0.2) is 27.0 Å². The summed E-state index contributed by atoms with van der Waals surface area (Å²) < 4.78 is 6.72. The molecular weight excluding hydrogens is 385 g/mol. The summed E-state index contributed by atoms with van der Waals surface area (Å²) in [6.07, 6.45) is 1.74. The van der Waals surface area contributed by atoms with Gasteiger partial charge < -0.3 is 0 Å². The van der Waals surface area contributed by atoms with Gasteiger partial charge in [0.05, 0.1) is 0 Å². The van der Waals surface area contributed by atoms with Crippen molar-refractivity contribution in [1.29, 1.82) is 0 Å². The van der Waals surface area contributed by atoms with Crippen molar-refractivity contribution in [3.63, 3.8) is 0 Å². The molecule has 1 aromatic heterocycles. The molecule has 0 radical (unpaired) electrons. The van der Waals surface area contributed by atoms with E-state index in [1.165, 1.54) is 7.11 Å². The van der Waals surface area contributed by atoms with Crippen LogP contribution in [0.1, 0.15) is 33.7 Å². The summed E-state index contributed by atoms with van der Waals surface area (Å²) in [4.78, 5) is 9.80. The Bertz CT molecular complexity index is 340. The molecule has 0 unspecified atom stereocenters. The van der Waals surface area contributed by atoms with Gasteiger partial charge in [-0.05, 0) is 0 Å². The Labute approximate surface area is 101 Å². The number of aromatic nitrogens is 3. The Kier molecular flexibility index (Phi) is 6.77. The Morgan fingerprint density at radius 3 is 2.40 bits per heavy atom. The third-order valence-electron chi connectivity index (χ3n) is 1.56. The summed E-state index contributed by atoms with van der Waals surface area (Å²) >= 11 is 1.00. The molecule has 0 aliphatic carbocycles. The molecule has 1 aromatic rings. The first kappa shape index (κ1) is 15.2. The van der Waals surface area contributed by atoms with Gasteiger partial charge in [-0.2, -0.15) is 0 Å². The molecule has 0 saturated heterocycles. The van der Waals surface area contributed by atoms with Crippen molar-refractivity contribution in [2.75, 3.05) is 7.11 Å². The average Bonchev–Trinajstić information content (AvgIpc) is 2.70. The van der Waals surface area contributed by atoms with Crippen molar-refractivity contribution >= 4 is 10.8 Å². The number of nitrogens with zero attached hydrogens (tertiary/aromatic N) is 3. The van der Waals surface area contributed by atoms with Crippen LogP contribution >= 0.6 is 5.35 Å². The van der Waals surface area contributed by atoms with Gasteiger partial charge in [-0.15, -0.1) is 0 Å². The van der Waals surface area contributed by atoms with Crippen LogP contribution in [0.5, 0.6) is 0 Å². The van der Waals surface area contributed by atoms with E-state index in [0.717, 1.165) is 18.8 Å². The van der Waals surface area contributed by atoms with Gasteiger partial charge in [0.2, 0.25) is 0 Å². The maximum atomic E-state index is 9.80. The van der Waals surface area contributed by atoms with Crippen molar-refractivity contribution in [3.8, 4) is 0 Å². The zero-order valence-corrected chi connectivity index (χ0v) is 13.5. The molecule has 1 rings (SSSR count). The van der Waals surface area contributed by atoms with Crippen molar-refractivity contribution in [1.82, 2.24) is 15.0 Å². The first-order valence-corrected chi connectivity index (χ1v) is 10.3. The summed E-state index contributed by atoms with van der Waals surface area (Å²) in [6.45, 7) is 8.01. The number of rotatable bonds is 3. The molecular formula is C8H18N3O2PW. The normalized spacial score (nSPS) is 14.3. The van der Waals surface area contributed by atoms with Gasteiger partial charge in [0.1, 0.15) is 0 Å². The van der Waals surface area contributed by atoms with Gasteiger partial charge in [0.15, 0.2) is 0 Å². The minimum absolute atomic E-state index is 0.258. The van der Waals surface area contributed by atoms with E-state index in [2.05, 4.69) is 10.3 Å². The van der Waals surface area contributed by atoms with Gasteiger partial charge in [-0.3, -0.25) is 0 Å². The van der Waals surface area contributed by atoms with Crippen LogP contribution in [0.15, 0.2) is 6.20 Å². The van der Waals surface area contributed by atoms with E-state index in [0.29, 0.717) is 5.44 Å². The summed E-state index contributed by atoms with van der Waals surface area (Å²) in [5.41, 5.74) is 0.568. The second kappa shape index (κ2) is 6.69. The zero-order valence-electron chi connectivity index (χ0n) is 9.71. The van der Waals surface area contributed by atoms with Crippen LogP contribution in [0.3, 0.4) is 0 Å². The molecule has 0 spiro atoms. The molecule has 0 aliphatic rings. The number of hydrogen-bond acceptors (Lipinski definition) is 4. The fourth-order valence-corrected chi connectivity index (χ4v) is 2.25. The first-order valence-electron chi connectivity index (χ1n) is 4.78. The van der Waals surface area contributed by atoms with Gasteiger partial charge in [-0.1, -0.05) is 13.8 Å². The summed E-state index contributed by atoms with van der Waals surface area (Å²) in [7, 11) is 1.50. The quantitative estimate of drug-likeness (QED) is 0.777. The van der Waals surface area contributed by atoms with Gasteiger partial charge in [0, 0.05) is 0 Å². The second-order valence-corrected chi connectivity index (χ2v) is 10.1. The SMILES string of the molecule is CC.CO[P@@](O)(=[W])c1cn(C(C)C)nn1. The average molecular weight is 403 g/mol. The van der Waals surface area contributed by atoms with Crippen LogP contribution in [-0.2, 0) is 23.3 Å². The molecule has 7 heteroatoms. The Morgan fingerprint density at radius 1 is 1.53 bits per heavy atom. The maximum absolute atomic E-state index is 9.80. The van der Waals surface area contributed by atoms with Crippen LogP contribution in [0, 0.1) is 0 Å². The van der Waals surface area contributed by atoms with Gasteiger partial charge in [0.25, 0.3) is 0 Å². The van der Waals surface area contributed by atoms with Gasteiger partial charge in [-0.25, -0.2) is 0 Å². The molecule has 5 nitrogen and oxygen atoms in total. The van der Waals surface area contributed by atoms with Crippen LogP contribution in [0.2, 0.25) is 0 Å². The van der Waals surface area contributed by atoms with Crippen LogP contribution in [0.4, 0.5) is 0 Å². The topological polar surface area (TPSA) is 60.2 Å². The van der Waals surface area contributed by atoms with Gasteiger partial charge >= 0.3 is 87.2 Å². The molecule has 0 amide bonds. The van der Waals surface area contributed by atoms with E-state index in [1.54, 1.807) is 10.9 Å². The Morgan fingerprint density at radius 2 is 2.07 bits per heavy atom. The second-order valence-electron chi connectivity index (χ2n) is 2.85. The molecule has 15 heavy (non-hydrogen) atoms. The van der Waals surface area contributed by atoms with E-state index in [-0.39, 0.29) is 6.04 Å². The van der Waals surface area contributed by atoms with Crippen LogP contribution in [0.25, 0.3) is 0 Å². The standard InChI is InChI=1S/C6H12N3O2P.C2H6.W/c1-5(2)9-4-6(7-8-9)12(10)11-3;1-2;/h4-5,10H,1-3H3;1-2H3;/t12-;;/m0../s1. The van der Waals surface area contributed by atoms with Crippen molar-refractivity contribution in [3.05, 3.63) is 6.20 Å². The third kappa shape index (κ3) is 4.28. The van der Waals surface area contributed by atoms with Crippen molar-refractivity contribution < 1.29 is 28.2 Å². The molecule has 0 aliphatic heterocycles. The fraction of sp³-hybridized carbons (Fsp3) is 0.750. The van der Waals surface area contributed by atoms with E-state index >= 15 is 0 Å². The third-order valence-corrected chi connectivity index (χ3v) is 6.47. The summed E-state index contributed by atoms with van der Waals surface area (Å²) in [5, 5.41) is 5.38. The molecule has 0 aromatic carbocycles.